The van der Waals surface area contributed by atoms with Gasteiger partial charge in [0.05, 0.1) is 5.92 Å². The molecule has 0 aromatic heterocycles. The third kappa shape index (κ3) is 2.95. The van der Waals surface area contributed by atoms with Crippen LogP contribution < -0.4 is 10.6 Å². The Kier molecular flexibility index (Phi) is 4.73. The van der Waals surface area contributed by atoms with Gasteiger partial charge in [-0.2, -0.15) is 0 Å². The maximum atomic E-state index is 11.9. The fourth-order valence-corrected chi connectivity index (χ4v) is 1.68. The maximum Gasteiger partial charge on any atom is 0.244 e. The third-order valence-electron chi connectivity index (χ3n) is 2.96. The summed E-state index contributed by atoms with van der Waals surface area (Å²) in [5.41, 5.74) is 0. The summed E-state index contributed by atoms with van der Waals surface area (Å²) in [6.07, 6.45) is 0. The lowest BCUT2D eigenvalue weighted by molar-refractivity contribution is -0.137. The highest BCUT2D eigenvalue weighted by Gasteiger charge is 2.28. The summed E-state index contributed by atoms with van der Waals surface area (Å²) in [6, 6.07) is -0.423. The molecule has 2 amide bonds. The lowest BCUT2D eigenvalue weighted by Gasteiger charge is -2.29. The molecule has 1 saturated heterocycles. The molecule has 0 spiro atoms. The lowest BCUT2D eigenvalue weighted by Crippen LogP contribution is -2.55. The van der Waals surface area contributed by atoms with Gasteiger partial charge in [0.1, 0.15) is 6.04 Å². The van der Waals surface area contributed by atoms with Crippen molar-refractivity contribution in [3.63, 3.8) is 0 Å². The van der Waals surface area contributed by atoms with E-state index in [1.54, 1.807) is 11.8 Å². The summed E-state index contributed by atoms with van der Waals surface area (Å²) in [5, 5.41) is 5.79. The quantitative estimate of drug-likeness (QED) is 0.670. The molecule has 1 aliphatic rings. The predicted octanol–water partition coefficient (Wildman–Crippen LogP) is -0.421. The van der Waals surface area contributed by atoms with Gasteiger partial charge >= 0.3 is 0 Å². The highest BCUT2D eigenvalue weighted by molar-refractivity contribution is 5.88. The van der Waals surface area contributed by atoms with Crippen LogP contribution in [-0.4, -0.2) is 48.9 Å². The van der Waals surface area contributed by atoms with Gasteiger partial charge < -0.3 is 15.5 Å². The molecule has 0 saturated carbocycles. The van der Waals surface area contributed by atoms with Gasteiger partial charge in [0, 0.05) is 26.2 Å². The van der Waals surface area contributed by atoms with E-state index in [1.165, 1.54) is 0 Å². The van der Waals surface area contributed by atoms with Crippen LogP contribution in [0.25, 0.3) is 0 Å². The van der Waals surface area contributed by atoms with Crippen LogP contribution in [-0.2, 0) is 9.59 Å². The molecule has 1 atom stereocenters. The zero-order valence-electron chi connectivity index (χ0n) is 10.2. The van der Waals surface area contributed by atoms with Gasteiger partial charge in [-0.3, -0.25) is 9.59 Å². The van der Waals surface area contributed by atoms with E-state index in [2.05, 4.69) is 10.6 Å². The lowest BCUT2D eigenvalue weighted by atomic mass is 10.0. The average Bonchev–Trinajstić information content (AvgIpc) is 2.16. The van der Waals surface area contributed by atoms with Crippen molar-refractivity contribution in [1.29, 1.82) is 0 Å². The molecule has 5 nitrogen and oxygen atoms in total. The number of amides is 2. The van der Waals surface area contributed by atoms with Crippen LogP contribution in [0.5, 0.6) is 0 Å². The predicted molar refractivity (Wildman–Crippen MR) is 61.9 cm³/mol. The topological polar surface area (TPSA) is 61.4 Å². The summed E-state index contributed by atoms with van der Waals surface area (Å²) in [6.45, 7) is 8.42. The Morgan fingerprint density at radius 2 is 1.94 bits per heavy atom. The molecule has 1 aliphatic heterocycles. The molecule has 1 heterocycles. The Balaban J connectivity index is 2.40. The summed E-state index contributed by atoms with van der Waals surface area (Å²) in [5.74, 6) is 0.00402. The SMILES string of the molecule is CCN(CC)C(=O)C(C)NC(=O)C1CNC1. The molecule has 1 unspecified atom stereocenters. The first-order chi connectivity index (χ1) is 7.60. The minimum absolute atomic E-state index is 0.00867. The van der Waals surface area contributed by atoms with Gasteiger partial charge in [0.25, 0.3) is 0 Å². The van der Waals surface area contributed by atoms with E-state index in [1.807, 2.05) is 13.8 Å². The second-order valence-electron chi connectivity index (χ2n) is 4.10. The number of rotatable bonds is 5. The normalized spacial score (nSPS) is 17.4. The Hall–Kier alpha value is -1.10. The van der Waals surface area contributed by atoms with Crippen molar-refractivity contribution in [2.75, 3.05) is 26.2 Å². The first-order valence-corrected chi connectivity index (χ1v) is 5.90. The Morgan fingerprint density at radius 3 is 2.31 bits per heavy atom. The largest absolute Gasteiger partial charge is 0.344 e. The van der Waals surface area contributed by atoms with Gasteiger partial charge in [-0.1, -0.05) is 0 Å². The first-order valence-electron chi connectivity index (χ1n) is 5.90. The molecule has 0 aliphatic carbocycles. The average molecular weight is 227 g/mol. The van der Waals surface area contributed by atoms with Crippen molar-refractivity contribution in [3.05, 3.63) is 0 Å². The number of hydrogen-bond donors (Lipinski definition) is 2. The maximum absolute atomic E-state index is 11.9. The number of nitrogens with one attached hydrogen (secondary N) is 2. The van der Waals surface area contributed by atoms with Crippen molar-refractivity contribution < 1.29 is 9.59 Å². The molecule has 0 aromatic carbocycles. The minimum Gasteiger partial charge on any atom is -0.344 e. The third-order valence-corrected chi connectivity index (χ3v) is 2.96. The number of nitrogens with zero attached hydrogens (tertiary/aromatic N) is 1. The van der Waals surface area contributed by atoms with Crippen LogP contribution in [0.2, 0.25) is 0 Å². The van der Waals surface area contributed by atoms with Crippen molar-refractivity contribution in [3.8, 4) is 0 Å². The highest BCUT2D eigenvalue weighted by atomic mass is 16.2. The molecule has 0 radical (unpaired) electrons. The summed E-state index contributed by atoms with van der Waals surface area (Å²) in [4.78, 5) is 25.2. The van der Waals surface area contributed by atoms with Crippen molar-refractivity contribution in [2.45, 2.75) is 26.8 Å². The molecular formula is C11H21N3O2. The van der Waals surface area contributed by atoms with Crippen molar-refractivity contribution in [2.24, 2.45) is 5.92 Å². The Morgan fingerprint density at radius 1 is 1.38 bits per heavy atom. The number of hydrogen-bond acceptors (Lipinski definition) is 3. The zero-order chi connectivity index (χ0) is 12.1. The Labute approximate surface area is 96.6 Å². The molecular weight excluding hydrogens is 206 g/mol. The minimum atomic E-state index is -0.423. The van der Waals surface area contributed by atoms with Crippen LogP contribution >= 0.6 is 0 Å². The zero-order valence-corrected chi connectivity index (χ0v) is 10.2. The highest BCUT2D eigenvalue weighted by Crippen LogP contribution is 2.03. The fourth-order valence-electron chi connectivity index (χ4n) is 1.68. The van der Waals surface area contributed by atoms with E-state index in [-0.39, 0.29) is 17.7 Å². The van der Waals surface area contributed by atoms with Crippen LogP contribution in [0.1, 0.15) is 20.8 Å². The molecule has 0 aromatic rings. The van der Waals surface area contributed by atoms with Crippen LogP contribution in [0.4, 0.5) is 0 Å². The molecule has 0 bridgehead atoms. The first kappa shape index (κ1) is 13.0. The second-order valence-corrected chi connectivity index (χ2v) is 4.10. The van der Waals surface area contributed by atoms with Crippen LogP contribution in [0.3, 0.4) is 0 Å². The smallest absolute Gasteiger partial charge is 0.244 e. The summed E-state index contributed by atoms with van der Waals surface area (Å²) in [7, 11) is 0. The van der Waals surface area contributed by atoms with E-state index in [0.29, 0.717) is 13.1 Å². The molecule has 92 valence electrons. The molecule has 1 rings (SSSR count). The van der Waals surface area contributed by atoms with Gasteiger partial charge in [-0.05, 0) is 20.8 Å². The Bertz CT molecular complexity index is 260. The number of carbonyl (C=O) groups is 2. The molecule has 5 heteroatoms. The molecule has 16 heavy (non-hydrogen) atoms. The monoisotopic (exact) mass is 227 g/mol. The number of likely N-dealkylation sites (N-methyl/N-ethyl adjacent to an activating group) is 1. The second kappa shape index (κ2) is 5.84. The van der Waals surface area contributed by atoms with E-state index in [4.69, 9.17) is 0 Å². The summed E-state index contributed by atoms with van der Waals surface area (Å²) < 4.78 is 0. The van der Waals surface area contributed by atoms with Crippen LogP contribution in [0, 0.1) is 5.92 Å². The van der Waals surface area contributed by atoms with Gasteiger partial charge in [-0.15, -0.1) is 0 Å². The van der Waals surface area contributed by atoms with E-state index < -0.39 is 6.04 Å². The van der Waals surface area contributed by atoms with Crippen LogP contribution in [0.15, 0.2) is 0 Å². The van der Waals surface area contributed by atoms with Gasteiger partial charge in [0.15, 0.2) is 0 Å². The van der Waals surface area contributed by atoms with Gasteiger partial charge in [-0.25, -0.2) is 0 Å². The van der Waals surface area contributed by atoms with E-state index in [0.717, 1.165) is 13.1 Å². The van der Waals surface area contributed by atoms with Crippen molar-refractivity contribution >= 4 is 11.8 Å². The molecule has 1 fully saturated rings. The standard InChI is InChI=1S/C11H21N3O2/c1-4-14(5-2)11(16)8(3)13-10(15)9-6-12-7-9/h8-9,12H,4-7H2,1-3H3,(H,13,15). The van der Waals surface area contributed by atoms with E-state index >= 15 is 0 Å². The fraction of sp³-hybridized carbons (Fsp3) is 0.818. The van der Waals surface area contributed by atoms with Crippen molar-refractivity contribution in [1.82, 2.24) is 15.5 Å². The molecule has 2 N–H and O–H groups in total. The van der Waals surface area contributed by atoms with E-state index in [9.17, 15) is 9.59 Å². The number of carbonyl (C=O) groups excluding carboxylic acids is 2. The van der Waals surface area contributed by atoms with Gasteiger partial charge in [0.2, 0.25) is 11.8 Å². The summed E-state index contributed by atoms with van der Waals surface area (Å²) >= 11 is 0.